The highest BCUT2D eigenvalue weighted by Crippen LogP contribution is 2.22. The third-order valence-electron chi connectivity index (χ3n) is 5.28. The van der Waals surface area contributed by atoms with E-state index in [1.807, 2.05) is 84.9 Å². The van der Waals surface area contributed by atoms with Crippen LogP contribution in [0, 0.1) is 22.7 Å². The first-order chi connectivity index (χ1) is 19.7. The predicted molar refractivity (Wildman–Crippen MR) is 156 cm³/mol. The Kier molecular flexibility index (Phi) is 9.36. The molecule has 0 bridgehead atoms. The summed E-state index contributed by atoms with van der Waals surface area (Å²) in [5, 5.41) is 20.1. The van der Waals surface area contributed by atoms with Crippen LogP contribution in [0.25, 0.3) is 0 Å². The van der Waals surface area contributed by atoms with Crippen LogP contribution in [0.4, 0.5) is 17.5 Å². The van der Waals surface area contributed by atoms with E-state index in [0.717, 1.165) is 22.8 Å². The minimum absolute atomic E-state index is 0.435. The van der Waals surface area contributed by atoms with E-state index in [4.69, 9.17) is 16.3 Å². The van der Waals surface area contributed by atoms with Gasteiger partial charge >= 0.3 is 0 Å². The molecule has 3 N–H and O–H groups in total. The van der Waals surface area contributed by atoms with E-state index in [1.165, 1.54) is 0 Å². The van der Waals surface area contributed by atoms with Crippen LogP contribution in [-0.2, 0) is 0 Å². The predicted octanol–water partition coefficient (Wildman–Crippen LogP) is 5.52. The van der Waals surface area contributed by atoms with Crippen molar-refractivity contribution >= 4 is 29.1 Å². The smallest absolute Gasteiger partial charge is 0.164 e. The normalized spacial score (nSPS) is 11.8. The zero-order chi connectivity index (χ0) is 28.0. The summed E-state index contributed by atoms with van der Waals surface area (Å²) in [6.45, 7) is 0. The summed E-state index contributed by atoms with van der Waals surface area (Å²) in [6.07, 6.45) is 5.12. The quantitative estimate of drug-likeness (QED) is 0.310. The maximum atomic E-state index is 8.45. The molecule has 0 unspecified atom stereocenters. The highest BCUT2D eigenvalue weighted by Gasteiger charge is 2.21. The van der Waals surface area contributed by atoms with E-state index in [1.54, 1.807) is 48.9 Å². The minimum Gasteiger partial charge on any atom is -0.384 e. The molecule has 3 aromatic heterocycles. The number of nitrogens with zero attached hydrogens (tertiary/aromatic N) is 7. The third-order valence-corrected chi connectivity index (χ3v) is 5.28. The fraction of sp³-hybridized carbons (Fsp3) is 0. The highest BCUT2D eigenvalue weighted by molar-refractivity contribution is 6.26. The molecule has 6 rings (SSSR count). The molecular formula is C31H23N9. The van der Waals surface area contributed by atoms with Crippen molar-refractivity contribution in [3.05, 3.63) is 144 Å². The molecule has 2 aromatic carbocycles. The second-order valence-corrected chi connectivity index (χ2v) is 7.99. The fourth-order valence-electron chi connectivity index (χ4n) is 3.43. The molecule has 0 aliphatic carbocycles. The number of amidine groups is 2. The number of hydrogen-bond acceptors (Lipinski definition) is 8. The topological polar surface area (TPSA) is 149 Å². The number of anilines is 2. The molecule has 4 heterocycles. The number of rotatable bonds is 2. The van der Waals surface area contributed by atoms with Crippen molar-refractivity contribution < 1.29 is 0 Å². The molecule has 40 heavy (non-hydrogen) atoms. The number of aliphatic imine (C=N–C) groups is 2. The van der Waals surface area contributed by atoms with Gasteiger partial charge in [-0.25, -0.2) is 24.9 Å². The van der Waals surface area contributed by atoms with Crippen LogP contribution in [0.1, 0.15) is 22.3 Å². The SMILES string of the molecule is N#Cc1ccccc1C#N.Nc1ccccn1.c1ccc(N=C2N=C(Nc3ccccn3)c3ccccc32)nc1. The molecule has 0 radical (unpaired) electrons. The molecule has 1 aliphatic heterocycles. The van der Waals surface area contributed by atoms with Gasteiger partial charge in [-0.15, -0.1) is 0 Å². The molecule has 1 aliphatic rings. The second kappa shape index (κ2) is 13.9. The molecule has 0 saturated carbocycles. The molecule has 0 spiro atoms. The lowest BCUT2D eigenvalue weighted by Crippen LogP contribution is -2.12. The minimum atomic E-state index is 0.435. The number of fused-ring (bicyclic) bond motifs is 1. The summed E-state index contributed by atoms with van der Waals surface area (Å²) in [7, 11) is 0. The van der Waals surface area contributed by atoms with Crippen LogP contribution in [0.5, 0.6) is 0 Å². The van der Waals surface area contributed by atoms with Gasteiger partial charge < -0.3 is 11.1 Å². The summed E-state index contributed by atoms with van der Waals surface area (Å²) < 4.78 is 0. The van der Waals surface area contributed by atoms with Crippen molar-refractivity contribution in [2.45, 2.75) is 0 Å². The number of nitrogens with one attached hydrogen (secondary N) is 1. The van der Waals surface area contributed by atoms with Crippen molar-refractivity contribution in [2.75, 3.05) is 11.1 Å². The number of pyridine rings is 3. The van der Waals surface area contributed by atoms with Gasteiger partial charge in [-0.2, -0.15) is 10.5 Å². The standard InChI is InChI=1S/C18H13N5.C8H4N2.C5H6N2/c1-2-8-14-13(7-1)17(21-15-9-3-5-11-19-15)23-18(14)22-16-10-4-6-12-20-16;9-5-7-3-1-2-4-8(7)6-10;6-5-3-1-2-4-7-5/h1-12H,(H,19,20,21,22,23);1-4H;1-4H,(H2,6,7). The Balaban J connectivity index is 0.000000178. The summed E-state index contributed by atoms with van der Waals surface area (Å²) >= 11 is 0. The van der Waals surface area contributed by atoms with Crippen LogP contribution in [-0.4, -0.2) is 26.6 Å². The van der Waals surface area contributed by atoms with Crippen LogP contribution >= 0.6 is 0 Å². The van der Waals surface area contributed by atoms with Gasteiger partial charge in [-0.1, -0.05) is 54.6 Å². The van der Waals surface area contributed by atoms with E-state index < -0.39 is 0 Å². The zero-order valence-corrected chi connectivity index (χ0v) is 21.3. The molecule has 9 heteroatoms. The van der Waals surface area contributed by atoms with Crippen LogP contribution in [0.2, 0.25) is 0 Å². The number of nitrogen functional groups attached to an aromatic ring is 1. The lowest BCUT2D eigenvalue weighted by Gasteiger charge is -2.05. The number of aromatic nitrogens is 3. The lowest BCUT2D eigenvalue weighted by atomic mass is 10.1. The van der Waals surface area contributed by atoms with Crippen molar-refractivity contribution in [3.8, 4) is 12.1 Å². The Hall–Kier alpha value is -6.19. The van der Waals surface area contributed by atoms with Gasteiger partial charge in [-0.3, -0.25) is 0 Å². The van der Waals surface area contributed by atoms with Crippen molar-refractivity contribution in [1.82, 2.24) is 15.0 Å². The van der Waals surface area contributed by atoms with E-state index in [0.29, 0.717) is 28.6 Å². The van der Waals surface area contributed by atoms with Gasteiger partial charge in [0.1, 0.15) is 29.6 Å². The van der Waals surface area contributed by atoms with Crippen LogP contribution < -0.4 is 11.1 Å². The Labute approximate surface area is 231 Å². The molecule has 192 valence electrons. The molecule has 5 aromatic rings. The molecule has 0 atom stereocenters. The molecule has 0 amide bonds. The lowest BCUT2D eigenvalue weighted by molar-refractivity contribution is 1.27. The van der Waals surface area contributed by atoms with Crippen LogP contribution in [0.3, 0.4) is 0 Å². The molecule has 0 saturated heterocycles. The zero-order valence-electron chi connectivity index (χ0n) is 21.3. The van der Waals surface area contributed by atoms with Gasteiger partial charge in [0.25, 0.3) is 0 Å². The van der Waals surface area contributed by atoms with E-state index >= 15 is 0 Å². The van der Waals surface area contributed by atoms with Crippen molar-refractivity contribution in [2.24, 2.45) is 9.98 Å². The number of nitrogens with two attached hydrogens (primary N) is 1. The number of hydrogen-bond donors (Lipinski definition) is 2. The van der Waals surface area contributed by atoms with Crippen molar-refractivity contribution in [1.29, 1.82) is 10.5 Å². The first kappa shape index (κ1) is 26.9. The van der Waals surface area contributed by atoms with Gasteiger partial charge in [0.05, 0.1) is 11.1 Å². The number of nitriles is 2. The molecular weight excluding hydrogens is 498 g/mol. The van der Waals surface area contributed by atoms with E-state index in [2.05, 4.69) is 30.3 Å². The Morgan fingerprint density at radius 1 is 0.625 bits per heavy atom. The number of benzene rings is 2. The molecule has 0 fully saturated rings. The summed E-state index contributed by atoms with van der Waals surface area (Å²) in [6, 6.07) is 35.3. The Morgan fingerprint density at radius 2 is 1.20 bits per heavy atom. The first-order valence-electron chi connectivity index (χ1n) is 12.1. The first-order valence-corrected chi connectivity index (χ1v) is 12.1. The second-order valence-electron chi connectivity index (χ2n) is 7.99. The van der Waals surface area contributed by atoms with Gasteiger partial charge in [-0.05, 0) is 48.5 Å². The highest BCUT2D eigenvalue weighted by atomic mass is 15.1. The average molecular weight is 522 g/mol. The van der Waals surface area contributed by atoms with E-state index in [9.17, 15) is 0 Å². The summed E-state index contributed by atoms with van der Waals surface area (Å²) in [5.41, 5.74) is 8.11. The Bertz CT molecular complexity index is 1650. The maximum Gasteiger partial charge on any atom is 0.164 e. The average Bonchev–Trinajstić information content (AvgIpc) is 3.35. The fourth-order valence-corrected chi connectivity index (χ4v) is 3.43. The van der Waals surface area contributed by atoms with E-state index in [-0.39, 0.29) is 0 Å². The maximum absolute atomic E-state index is 8.45. The van der Waals surface area contributed by atoms with Gasteiger partial charge in [0.2, 0.25) is 0 Å². The largest absolute Gasteiger partial charge is 0.384 e. The van der Waals surface area contributed by atoms with Crippen molar-refractivity contribution in [3.63, 3.8) is 0 Å². The van der Waals surface area contributed by atoms with Gasteiger partial charge in [0.15, 0.2) is 11.7 Å². The Morgan fingerprint density at radius 3 is 1.73 bits per heavy atom. The summed E-state index contributed by atoms with van der Waals surface area (Å²) in [5.74, 6) is 3.36. The summed E-state index contributed by atoms with van der Waals surface area (Å²) in [4.78, 5) is 21.4. The van der Waals surface area contributed by atoms with Gasteiger partial charge in [0, 0.05) is 29.7 Å². The monoisotopic (exact) mass is 521 g/mol. The third kappa shape index (κ3) is 7.42. The van der Waals surface area contributed by atoms with Crippen LogP contribution in [0.15, 0.2) is 132 Å². The molecule has 9 nitrogen and oxygen atoms in total.